The van der Waals surface area contributed by atoms with E-state index in [0.717, 1.165) is 0 Å². The maximum Gasteiger partial charge on any atom is 0.404 e. The Morgan fingerprint density at radius 2 is 1.86 bits per heavy atom. The molecule has 1 heterocycles. The molecular weight excluding hydrogens is 382 g/mol. The van der Waals surface area contributed by atoms with Crippen molar-refractivity contribution in [3.8, 4) is 0 Å². The van der Waals surface area contributed by atoms with Gasteiger partial charge in [-0.15, -0.1) is 0 Å². The van der Waals surface area contributed by atoms with Gasteiger partial charge in [-0.2, -0.15) is 18.7 Å². The van der Waals surface area contributed by atoms with E-state index in [2.05, 4.69) is 31.6 Å². The van der Waals surface area contributed by atoms with Crippen LogP contribution in [0.4, 0.5) is 28.0 Å². The van der Waals surface area contributed by atoms with Crippen molar-refractivity contribution in [3.63, 3.8) is 0 Å². The lowest BCUT2D eigenvalue weighted by Crippen LogP contribution is -2.70. The summed E-state index contributed by atoms with van der Waals surface area (Å²) in [6, 6.07) is 6.49. The molecule has 152 valence electrons. The van der Waals surface area contributed by atoms with Crippen LogP contribution < -0.4 is 26.7 Å². The number of alkyl halides is 3. The highest BCUT2D eigenvalue weighted by atomic mass is 19.4. The third-order valence-corrected chi connectivity index (χ3v) is 4.20. The second-order valence-electron chi connectivity index (χ2n) is 6.28. The quantitative estimate of drug-likeness (QED) is 0.401. The summed E-state index contributed by atoms with van der Waals surface area (Å²) in [5.74, 6) is -0.376. The maximum absolute atomic E-state index is 13.2. The lowest BCUT2D eigenvalue weighted by molar-refractivity contribution is -0.171. The highest BCUT2D eigenvalue weighted by Crippen LogP contribution is 2.25. The molecule has 28 heavy (non-hydrogen) atoms. The van der Waals surface area contributed by atoms with E-state index in [9.17, 15) is 22.4 Å². The van der Waals surface area contributed by atoms with Crippen LogP contribution in [0.25, 0.3) is 10.8 Å². The van der Waals surface area contributed by atoms with Crippen molar-refractivity contribution in [2.75, 3.05) is 12.4 Å². The highest BCUT2D eigenvalue weighted by Gasteiger charge is 2.45. The lowest BCUT2D eigenvalue weighted by atomic mass is 10.1. The Labute approximate surface area is 157 Å². The Kier molecular flexibility index (Phi) is 5.98. The third kappa shape index (κ3) is 5.07. The number of benzene rings is 2. The van der Waals surface area contributed by atoms with Gasteiger partial charge in [-0.1, -0.05) is 12.1 Å². The molecule has 1 aliphatic rings. The standard InChI is InChI=1S/C17H19F4N5O2/c1-28-26-14-8-13(17(19,20)21)23-15(24-14)25-16(27)22-12-5-3-9-6-11(18)4-2-10(9)7-12/h2-7,13-15,23-24,26H,8H2,1H3,(H2,22,25,27). The van der Waals surface area contributed by atoms with Crippen LogP contribution in [0.5, 0.6) is 0 Å². The van der Waals surface area contributed by atoms with Crippen molar-refractivity contribution in [2.24, 2.45) is 0 Å². The van der Waals surface area contributed by atoms with E-state index in [0.29, 0.717) is 16.5 Å². The summed E-state index contributed by atoms with van der Waals surface area (Å²) in [4.78, 5) is 16.9. The fourth-order valence-electron chi connectivity index (χ4n) is 2.95. The molecule has 7 nitrogen and oxygen atoms in total. The van der Waals surface area contributed by atoms with Gasteiger partial charge in [-0.3, -0.25) is 10.6 Å². The number of hydroxylamine groups is 1. The first-order valence-corrected chi connectivity index (χ1v) is 8.39. The van der Waals surface area contributed by atoms with Crippen molar-refractivity contribution in [1.29, 1.82) is 0 Å². The molecule has 2 aromatic carbocycles. The van der Waals surface area contributed by atoms with Crippen molar-refractivity contribution in [1.82, 2.24) is 21.4 Å². The molecule has 0 bridgehead atoms. The SMILES string of the molecule is CONC1CC(C(F)(F)F)NC(NC(=O)Nc2ccc3cc(F)ccc3c2)N1. The molecule has 1 saturated heterocycles. The van der Waals surface area contributed by atoms with Crippen LogP contribution in [-0.2, 0) is 4.84 Å². The summed E-state index contributed by atoms with van der Waals surface area (Å²) in [7, 11) is 1.28. The van der Waals surface area contributed by atoms with Crippen LogP contribution in [0.2, 0.25) is 0 Å². The number of hydrogen-bond acceptors (Lipinski definition) is 5. The number of fused-ring (bicyclic) bond motifs is 1. The minimum absolute atomic E-state index is 0.321. The van der Waals surface area contributed by atoms with Crippen molar-refractivity contribution < 1.29 is 27.2 Å². The monoisotopic (exact) mass is 401 g/mol. The van der Waals surface area contributed by atoms with Crippen LogP contribution in [0.1, 0.15) is 6.42 Å². The molecule has 0 saturated carbocycles. The van der Waals surface area contributed by atoms with Gasteiger partial charge in [0.25, 0.3) is 0 Å². The predicted octanol–water partition coefficient (Wildman–Crippen LogP) is 2.37. The molecule has 2 aromatic rings. The van der Waals surface area contributed by atoms with Gasteiger partial charge in [-0.05, 0) is 35.0 Å². The van der Waals surface area contributed by atoms with E-state index in [-0.39, 0.29) is 12.2 Å². The molecular formula is C17H19F4N5O2. The number of amides is 2. The molecule has 3 atom stereocenters. The summed E-state index contributed by atoms with van der Waals surface area (Å²) >= 11 is 0. The van der Waals surface area contributed by atoms with Gasteiger partial charge in [0, 0.05) is 12.1 Å². The summed E-state index contributed by atoms with van der Waals surface area (Å²) in [5.41, 5.74) is 2.82. The number of carbonyl (C=O) groups is 1. The summed E-state index contributed by atoms with van der Waals surface area (Å²) in [5, 5.41) is 11.3. The molecule has 3 rings (SSSR count). The fourth-order valence-corrected chi connectivity index (χ4v) is 2.95. The first-order valence-electron chi connectivity index (χ1n) is 8.39. The Bertz CT molecular complexity index is 848. The number of hydrogen-bond donors (Lipinski definition) is 5. The average Bonchev–Trinajstić information content (AvgIpc) is 2.61. The van der Waals surface area contributed by atoms with Gasteiger partial charge < -0.3 is 15.5 Å². The van der Waals surface area contributed by atoms with Crippen LogP contribution in [0.3, 0.4) is 0 Å². The first kappa shape index (κ1) is 20.3. The normalized spacial score (nSPS) is 22.8. The highest BCUT2D eigenvalue weighted by molar-refractivity contribution is 5.93. The Balaban J connectivity index is 1.65. The molecule has 2 amide bonds. The number of carbonyl (C=O) groups excluding carboxylic acids is 1. The lowest BCUT2D eigenvalue weighted by Gasteiger charge is -2.38. The second-order valence-corrected chi connectivity index (χ2v) is 6.28. The van der Waals surface area contributed by atoms with Crippen LogP contribution >= 0.6 is 0 Å². The molecule has 5 N–H and O–H groups in total. The first-order chi connectivity index (χ1) is 13.2. The molecule has 11 heteroatoms. The van der Waals surface area contributed by atoms with E-state index in [4.69, 9.17) is 0 Å². The number of nitrogens with one attached hydrogen (secondary N) is 5. The number of anilines is 1. The Morgan fingerprint density at radius 1 is 1.14 bits per heavy atom. The number of urea groups is 1. The summed E-state index contributed by atoms with van der Waals surface area (Å²) < 4.78 is 52.4. The Morgan fingerprint density at radius 3 is 2.57 bits per heavy atom. The zero-order valence-electron chi connectivity index (χ0n) is 14.7. The topological polar surface area (TPSA) is 86.5 Å². The maximum atomic E-state index is 13.2. The molecule has 0 spiro atoms. The van der Waals surface area contributed by atoms with Crippen LogP contribution in [-0.4, -0.2) is 37.8 Å². The molecule has 0 aromatic heterocycles. The molecule has 3 unspecified atom stereocenters. The van der Waals surface area contributed by atoms with Crippen LogP contribution in [0.15, 0.2) is 36.4 Å². The number of rotatable bonds is 4. The molecule has 1 aliphatic heterocycles. The number of halogens is 4. The van der Waals surface area contributed by atoms with Gasteiger partial charge >= 0.3 is 12.2 Å². The fraction of sp³-hybridized carbons (Fsp3) is 0.353. The largest absolute Gasteiger partial charge is 0.404 e. The second kappa shape index (κ2) is 8.27. The van der Waals surface area contributed by atoms with Gasteiger partial charge in [0.15, 0.2) is 0 Å². The van der Waals surface area contributed by atoms with Gasteiger partial charge in [0.05, 0.1) is 13.3 Å². The van der Waals surface area contributed by atoms with Gasteiger partial charge in [0.1, 0.15) is 18.1 Å². The Hall–Kier alpha value is -2.47. The third-order valence-electron chi connectivity index (χ3n) is 4.20. The molecule has 1 fully saturated rings. The van der Waals surface area contributed by atoms with Crippen molar-refractivity contribution >= 4 is 22.5 Å². The zero-order chi connectivity index (χ0) is 20.3. The van der Waals surface area contributed by atoms with Crippen molar-refractivity contribution in [2.45, 2.75) is 31.1 Å². The predicted molar refractivity (Wildman–Crippen MR) is 94.5 cm³/mol. The average molecular weight is 401 g/mol. The van der Waals surface area contributed by atoms with E-state index < -0.39 is 30.7 Å². The molecule has 0 radical (unpaired) electrons. The minimum Gasteiger partial charge on any atom is -0.310 e. The summed E-state index contributed by atoms with van der Waals surface area (Å²) in [6.07, 6.45) is -6.78. The minimum atomic E-state index is -4.49. The summed E-state index contributed by atoms with van der Waals surface area (Å²) in [6.45, 7) is 0. The van der Waals surface area contributed by atoms with Gasteiger partial charge in [0.2, 0.25) is 0 Å². The molecule has 0 aliphatic carbocycles. The zero-order valence-corrected chi connectivity index (χ0v) is 14.7. The van der Waals surface area contributed by atoms with E-state index in [1.165, 1.54) is 19.2 Å². The van der Waals surface area contributed by atoms with E-state index >= 15 is 0 Å². The van der Waals surface area contributed by atoms with Crippen molar-refractivity contribution in [3.05, 3.63) is 42.2 Å². The van der Waals surface area contributed by atoms with Gasteiger partial charge in [-0.25, -0.2) is 9.18 Å². The van der Waals surface area contributed by atoms with E-state index in [1.54, 1.807) is 24.3 Å². The van der Waals surface area contributed by atoms with Crippen LogP contribution in [0, 0.1) is 5.82 Å². The smallest absolute Gasteiger partial charge is 0.310 e. The van der Waals surface area contributed by atoms with E-state index in [1.807, 2.05) is 0 Å².